The summed E-state index contributed by atoms with van der Waals surface area (Å²) in [6, 6.07) is 9.19. The Morgan fingerprint density at radius 1 is 1.10 bits per heavy atom. The Labute approximate surface area is 128 Å². The van der Waals surface area contributed by atoms with Crippen LogP contribution < -0.4 is 0 Å². The van der Waals surface area contributed by atoms with Crippen molar-refractivity contribution < 1.29 is 9.53 Å². The maximum Gasteiger partial charge on any atom is 0.338 e. The van der Waals surface area contributed by atoms with Gasteiger partial charge in [-0.25, -0.2) is 4.79 Å². The fourth-order valence-electron chi connectivity index (χ4n) is 3.54. The molecule has 0 atom stereocenters. The average molecular weight is 289 g/mol. The third-order valence-electron chi connectivity index (χ3n) is 4.60. The molecule has 116 valence electrons. The zero-order valence-corrected chi connectivity index (χ0v) is 13.7. The Balaban J connectivity index is 1.91. The van der Waals surface area contributed by atoms with Crippen LogP contribution in [0, 0.1) is 0 Å². The molecule has 0 amide bonds. The first-order valence-electron chi connectivity index (χ1n) is 7.83. The number of ether oxygens (including phenoxy) is 1. The number of carbonyl (C=O) groups is 1. The van der Waals surface area contributed by atoms with E-state index >= 15 is 0 Å². The van der Waals surface area contributed by atoms with Gasteiger partial charge in [-0.05, 0) is 59.1 Å². The molecule has 0 bridgehead atoms. The lowest BCUT2D eigenvalue weighted by Gasteiger charge is -2.52. The summed E-state index contributed by atoms with van der Waals surface area (Å²) in [5, 5.41) is 0. The Hall–Kier alpha value is -1.35. The molecule has 3 nitrogen and oxygen atoms in total. The molecule has 1 aliphatic rings. The molecule has 0 aromatic heterocycles. The summed E-state index contributed by atoms with van der Waals surface area (Å²) in [6.07, 6.45) is 3.66. The van der Waals surface area contributed by atoms with Gasteiger partial charge < -0.3 is 4.74 Å². The molecule has 21 heavy (non-hydrogen) atoms. The predicted octanol–water partition coefficient (Wildman–Crippen LogP) is 3.89. The second kappa shape index (κ2) is 6.18. The third-order valence-corrected chi connectivity index (χ3v) is 4.60. The van der Waals surface area contributed by atoms with E-state index < -0.39 is 0 Å². The van der Waals surface area contributed by atoms with Crippen LogP contribution in [0.3, 0.4) is 0 Å². The van der Waals surface area contributed by atoms with Crippen molar-refractivity contribution >= 4 is 5.97 Å². The van der Waals surface area contributed by atoms with Gasteiger partial charge in [-0.1, -0.05) is 18.2 Å². The summed E-state index contributed by atoms with van der Waals surface area (Å²) in [5.74, 6) is -0.233. The highest BCUT2D eigenvalue weighted by Crippen LogP contribution is 2.37. The van der Waals surface area contributed by atoms with Crippen molar-refractivity contribution in [2.75, 3.05) is 13.2 Å². The van der Waals surface area contributed by atoms with Crippen LogP contribution in [0.1, 0.15) is 57.3 Å². The van der Waals surface area contributed by atoms with Gasteiger partial charge >= 0.3 is 5.97 Å². The van der Waals surface area contributed by atoms with Gasteiger partial charge in [0.15, 0.2) is 0 Å². The van der Waals surface area contributed by atoms with E-state index in [9.17, 15) is 4.79 Å². The normalized spacial score (nSPS) is 21.0. The van der Waals surface area contributed by atoms with Crippen LogP contribution in [0.2, 0.25) is 0 Å². The molecule has 0 N–H and O–H groups in total. The highest BCUT2D eigenvalue weighted by atomic mass is 16.5. The first-order valence-corrected chi connectivity index (χ1v) is 7.83. The molecular formula is C18H27NO2. The molecule has 1 heterocycles. The van der Waals surface area contributed by atoms with E-state index in [-0.39, 0.29) is 17.0 Å². The summed E-state index contributed by atoms with van der Waals surface area (Å²) in [6.45, 7) is 10.4. The molecule has 0 unspecified atom stereocenters. The zero-order valence-electron chi connectivity index (χ0n) is 13.7. The van der Waals surface area contributed by atoms with E-state index in [0.29, 0.717) is 12.2 Å². The van der Waals surface area contributed by atoms with Crippen molar-refractivity contribution in [2.24, 2.45) is 0 Å². The number of benzene rings is 1. The number of likely N-dealkylation sites (tertiary alicyclic amines) is 1. The van der Waals surface area contributed by atoms with Crippen molar-refractivity contribution in [2.45, 2.75) is 58.0 Å². The van der Waals surface area contributed by atoms with Crippen LogP contribution in [0.4, 0.5) is 0 Å². The molecule has 0 radical (unpaired) electrons. The van der Waals surface area contributed by atoms with Crippen LogP contribution in [0.5, 0.6) is 0 Å². The molecule has 1 aromatic carbocycles. The molecule has 0 aliphatic carbocycles. The smallest absolute Gasteiger partial charge is 0.338 e. The molecule has 0 saturated carbocycles. The quantitative estimate of drug-likeness (QED) is 0.788. The fraction of sp³-hybridized carbons (Fsp3) is 0.611. The maximum atomic E-state index is 12.0. The van der Waals surface area contributed by atoms with Crippen molar-refractivity contribution in [1.82, 2.24) is 4.90 Å². The Morgan fingerprint density at radius 3 is 2.24 bits per heavy atom. The van der Waals surface area contributed by atoms with Crippen molar-refractivity contribution in [3.63, 3.8) is 0 Å². The van der Waals surface area contributed by atoms with E-state index in [4.69, 9.17) is 4.74 Å². The number of esters is 1. The summed E-state index contributed by atoms with van der Waals surface area (Å²) in [7, 11) is 0. The highest BCUT2D eigenvalue weighted by Gasteiger charge is 2.40. The van der Waals surface area contributed by atoms with Crippen LogP contribution in [-0.2, 0) is 4.74 Å². The second-order valence-corrected chi connectivity index (χ2v) is 7.13. The van der Waals surface area contributed by atoms with E-state index in [0.717, 1.165) is 6.54 Å². The van der Waals surface area contributed by atoms with Gasteiger partial charge in [-0.3, -0.25) is 4.90 Å². The number of hydrogen-bond donors (Lipinski definition) is 0. The summed E-state index contributed by atoms with van der Waals surface area (Å²) >= 11 is 0. The third kappa shape index (κ3) is 3.85. The first-order chi connectivity index (χ1) is 9.83. The first kappa shape index (κ1) is 16.0. The van der Waals surface area contributed by atoms with Gasteiger partial charge in [0, 0.05) is 17.6 Å². The van der Waals surface area contributed by atoms with Crippen molar-refractivity contribution in [1.29, 1.82) is 0 Å². The van der Waals surface area contributed by atoms with Crippen LogP contribution in [0.25, 0.3) is 0 Å². The largest absolute Gasteiger partial charge is 0.461 e. The molecule has 1 aromatic rings. The minimum atomic E-state index is -0.233. The molecule has 1 saturated heterocycles. The number of rotatable bonds is 4. The van der Waals surface area contributed by atoms with Gasteiger partial charge in [-0.15, -0.1) is 0 Å². The van der Waals surface area contributed by atoms with E-state index in [1.54, 1.807) is 12.1 Å². The number of carbonyl (C=O) groups excluding carboxylic acids is 1. The maximum absolute atomic E-state index is 12.0. The number of nitrogens with zero attached hydrogens (tertiary/aromatic N) is 1. The van der Waals surface area contributed by atoms with Crippen molar-refractivity contribution in [3.05, 3.63) is 35.9 Å². The lowest BCUT2D eigenvalue weighted by Crippen LogP contribution is -2.59. The van der Waals surface area contributed by atoms with E-state index in [2.05, 4.69) is 32.6 Å². The minimum Gasteiger partial charge on any atom is -0.461 e. The second-order valence-electron chi connectivity index (χ2n) is 7.13. The molecule has 1 fully saturated rings. The Morgan fingerprint density at radius 2 is 1.67 bits per heavy atom. The highest BCUT2D eigenvalue weighted by molar-refractivity contribution is 5.89. The van der Waals surface area contributed by atoms with Crippen molar-refractivity contribution in [3.8, 4) is 0 Å². The molecule has 1 aliphatic heterocycles. The average Bonchev–Trinajstić information content (AvgIpc) is 2.42. The standard InChI is InChI=1S/C18H27NO2/c1-17(2)11-8-12-18(3,4)19(17)13-14-21-16(20)15-9-6-5-7-10-15/h5-7,9-10H,8,11-14H2,1-4H3. The van der Waals surface area contributed by atoms with Crippen LogP contribution >= 0.6 is 0 Å². The van der Waals surface area contributed by atoms with Gasteiger partial charge in [0.2, 0.25) is 0 Å². The fourth-order valence-corrected chi connectivity index (χ4v) is 3.54. The molecular weight excluding hydrogens is 262 g/mol. The molecule has 3 heteroatoms. The molecule has 0 spiro atoms. The van der Waals surface area contributed by atoms with Gasteiger partial charge in [-0.2, -0.15) is 0 Å². The van der Waals surface area contributed by atoms with Gasteiger partial charge in [0.05, 0.1) is 5.56 Å². The van der Waals surface area contributed by atoms with E-state index in [1.165, 1.54) is 19.3 Å². The Kier molecular flexibility index (Phi) is 4.72. The van der Waals surface area contributed by atoms with Crippen LogP contribution in [-0.4, -0.2) is 35.1 Å². The summed E-state index contributed by atoms with van der Waals surface area (Å²) in [4.78, 5) is 14.5. The van der Waals surface area contributed by atoms with Gasteiger partial charge in [0.1, 0.15) is 6.61 Å². The predicted molar refractivity (Wildman–Crippen MR) is 85.4 cm³/mol. The summed E-state index contributed by atoms with van der Waals surface area (Å²) in [5.41, 5.74) is 0.955. The lowest BCUT2D eigenvalue weighted by atomic mass is 9.80. The Bertz CT molecular complexity index is 463. The van der Waals surface area contributed by atoms with Gasteiger partial charge in [0.25, 0.3) is 0 Å². The minimum absolute atomic E-state index is 0.168. The lowest BCUT2D eigenvalue weighted by molar-refractivity contribution is -0.0402. The zero-order chi connectivity index (χ0) is 15.5. The summed E-state index contributed by atoms with van der Waals surface area (Å²) < 4.78 is 5.44. The number of hydrogen-bond acceptors (Lipinski definition) is 3. The van der Waals surface area contributed by atoms with E-state index in [1.807, 2.05) is 18.2 Å². The monoisotopic (exact) mass is 289 g/mol. The van der Waals surface area contributed by atoms with Crippen LogP contribution in [0.15, 0.2) is 30.3 Å². The topological polar surface area (TPSA) is 29.5 Å². The molecule has 2 rings (SSSR count). The number of piperidine rings is 1. The SMILES string of the molecule is CC1(C)CCCC(C)(C)N1CCOC(=O)c1ccccc1.